The van der Waals surface area contributed by atoms with E-state index in [0.29, 0.717) is 12.1 Å². The van der Waals surface area contributed by atoms with E-state index in [9.17, 15) is 19.5 Å². The van der Waals surface area contributed by atoms with Crippen LogP contribution in [0.15, 0.2) is 42.6 Å². The number of amides is 3. The second kappa shape index (κ2) is 7.35. The molecule has 1 aromatic heterocycles. The summed E-state index contributed by atoms with van der Waals surface area (Å²) in [5.41, 5.74) is 1.61. The zero-order chi connectivity index (χ0) is 17.8. The van der Waals surface area contributed by atoms with Gasteiger partial charge in [0.2, 0.25) is 11.8 Å². The van der Waals surface area contributed by atoms with E-state index in [0.717, 1.165) is 17.3 Å². The van der Waals surface area contributed by atoms with Crippen LogP contribution in [0.2, 0.25) is 0 Å². The highest BCUT2D eigenvalue weighted by Gasteiger charge is 2.31. The smallest absolute Gasteiger partial charge is 0.286 e. The van der Waals surface area contributed by atoms with Gasteiger partial charge in [0.1, 0.15) is 5.75 Å². The molecule has 3 N–H and O–H groups in total. The number of aromatic hydroxyl groups is 1. The first-order valence-electron chi connectivity index (χ1n) is 7.54. The van der Waals surface area contributed by atoms with Gasteiger partial charge in [-0.15, -0.1) is 0 Å². The van der Waals surface area contributed by atoms with Crippen LogP contribution in [0.25, 0.3) is 0 Å². The summed E-state index contributed by atoms with van der Waals surface area (Å²) in [6, 6.07) is 9.99. The molecule has 1 atom stereocenters. The first kappa shape index (κ1) is 17.0. The van der Waals surface area contributed by atoms with Gasteiger partial charge < -0.3 is 10.4 Å². The Morgan fingerprint density at radius 2 is 2.12 bits per heavy atom. The van der Waals surface area contributed by atoms with Crippen molar-refractivity contribution in [3.05, 3.63) is 53.9 Å². The van der Waals surface area contributed by atoms with Gasteiger partial charge in [-0.05, 0) is 36.2 Å². The largest absolute Gasteiger partial charge is 0.506 e. The summed E-state index contributed by atoms with van der Waals surface area (Å²) in [6.45, 7) is 0. The number of carbonyl (C=O) groups excluding carboxylic acids is 3. The number of carbonyl (C=O) groups is 3. The van der Waals surface area contributed by atoms with Crippen molar-refractivity contribution in [3.8, 4) is 5.75 Å². The number of benzene rings is 1. The SMILES string of the molecule is O=C(Cc1ccccn1)Nc1cc(CC2SC(=O)NC2=O)ccc1O. The van der Waals surface area contributed by atoms with Gasteiger partial charge in [0.25, 0.3) is 5.24 Å². The van der Waals surface area contributed by atoms with Crippen LogP contribution in [0, 0.1) is 0 Å². The predicted molar refractivity (Wildman–Crippen MR) is 93.3 cm³/mol. The van der Waals surface area contributed by atoms with E-state index in [2.05, 4.69) is 15.6 Å². The van der Waals surface area contributed by atoms with Crippen LogP contribution in [0.5, 0.6) is 5.75 Å². The number of aromatic nitrogens is 1. The minimum atomic E-state index is -0.505. The monoisotopic (exact) mass is 357 g/mol. The summed E-state index contributed by atoms with van der Waals surface area (Å²) in [6.07, 6.45) is 2.01. The highest BCUT2D eigenvalue weighted by Crippen LogP contribution is 2.28. The van der Waals surface area contributed by atoms with Crippen molar-refractivity contribution in [1.82, 2.24) is 10.3 Å². The number of rotatable bonds is 5. The van der Waals surface area contributed by atoms with Crippen molar-refractivity contribution in [2.24, 2.45) is 0 Å². The molecule has 1 fully saturated rings. The Morgan fingerprint density at radius 1 is 1.28 bits per heavy atom. The van der Waals surface area contributed by atoms with Crippen molar-refractivity contribution >= 4 is 34.5 Å². The van der Waals surface area contributed by atoms with Gasteiger partial charge in [-0.25, -0.2) is 0 Å². The third-order valence-corrected chi connectivity index (χ3v) is 4.57. The lowest BCUT2D eigenvalue weighted by atomic mass is 10.1. The van der Waals surface area contributed by atoms with Crippen molar-refractivity contribution in [2.75, 3.05) is 5.32 Å². The highest BCUT2D eigenvalue weighted by molar-refractivity contribution is 8.15. The van der Waals surface area contributed by atoms with Crippen LogP contribution >= 0.6 is 11.8 Å². The van der Waals surface area contributed by atoms with Crippen molar-refractivity contribution in [2.45, 2.75) is 18.1 Å². The number of phenols is 1. The van der Waals surface area contributed by atoms with Gasteiger partial charge in [-0.3, -0.25) is 24.7 Å². The molecule has 0 bridgehead atoms. The molecule has 25 heavy (non-hydrogen) atoms. The summed E-state index contributed by atoms with van der Waals surface area (Å²) in [5.74, 6) is -0.712. The van der Waals surface area contributed by atoms with Gasteiger partial charge in [-0.2, -0.15) is 0 Å². The third-order valence-electron chi connectivity index (χ3n) is 3.59. The molecule has 1 aromatic carbocycles. The Bertz CT molecular complexity index is 826. The molecule has 1 aliphatic heterocycles. The Morgan fingerprint density at radius 3 is 2.80 bits per heavy atom. The van der Waals surface area contributed by atoms with Crippen LogP contribution in [0.1, 0.15) is 11.3 Å². The standard InChI is InChI=1S/C17H15N3O4S/c21-13-5-4-10(8-14-16(23)20-17(24)25-14)7-12(13)19-15(22)9-11-3-1-2-6-18-11/h1-7,14,21H,8-9H2,(H,19,22)(H,20,23,24). The first-order chi connectivity index (χ1) is 12.0. The fraction of sp³-hybridized carbons (Fsp3) is 0.176. The Labute approximate surface area is 147 Å². The van der Waals surface area contributed by atoms with Crippen LogP contribution in [0.4, 0.5) is 10.5 Å². The number of thioether (sulfide) groups is 1. The third kappa shape index (κ3) is 4.36. The van der Waals surface area contributed by atoms with Crippen molar-refractivity contribution < 1.29 is 19.5 Å². The normalized spacial score (nSPS) is 16.6. The van der Waals surface area contributed by atoms with Gasteiger partial charge in [0.15, 0.2) is 0 Å². The number of hydrogen-bond acceptors (Lipinski definition) is 6. The van der Waals surface area contributed by atoms with Crippen molar-refractivity contribution in [3.63, 3.8) is 0 Å². The summed E-state index contributed by atoms with van der Waals surface area (Å²) < 4.78 is 0. The molecule has 0 aliphatic carbocycles. The molecular formula is C17H15N3O4S. The average Bonchev–Trinajstić information content (AvgIpc) is 2.89. The Balaban J connectivity index is 1.68. The molecule has 0 radical (unpaired) electrons. The van der Waals surface area contributed by atoms with E-state index in [1.165, 1.54) is 6.07 Å². The lowest BCUT2D eigenvalue weighted by Gasteiger charge is -2.11. The molecule has 1 aliphatic rings. The molecule has 0 saturated carbocycles. The summed E-state index contributed by atoms with van der Waals surface area (Å²) in [5, 5.41) is 13.9. The molecule has 0 spiro atoms. The van der Waals surface area contributed by atoms with Gasteiger partial charge in [0, 0.05) is 11.9 Å². The fourth-order valence-corrected chi connectivity index (χ4v) is 3.27. The van der Waals surface area contributed by atoms with Crippen LogP contribution in [-0.4, -0.2) is 32.4 Å². The van der Waals surface area contributed by atoms with Crippen molar-refractivity contribution in [1.29, 1.82) is 0 Å². The number of hydrogen-bond donors (Lipinski definition) is 3. The first-order valence-corrected chi connectivity index (χ1v) is 8.42. The second-order valence-corrected chi connectivity index (χ2v) is 6.66. The predicted octanol–water partition coefficient (Wildman–Crippen LogP) is 1.86. The van der Waals surface area contributed by atoms with Crippen LogP contribution in [0.3, 0.4) is 0 Å². The molecule has 7 nitrogen and oxygen atoms in total. The maximum absolute atomic E-state index is 12.1. The van der Waals surface area contributed by atoms with Gasteiger partial charge in [-0.1, -0.05) is 23.9 Å². The molecule has 128 valence electrons. The molecule has 2 heterocycles. The van der Waals surface area contributed by atoms with E-state index in [4.69, 9.17) is 0 Å². The van der Waals surface area contributed by atoms with Gasteiger partial charge >= 0.3 is 0 Å². The van der Waals surface area contributed by atoms with E-state index in [-0.39, 0.29) is 34.9 Å². The average molecular weight is 357 g/mol. The second-order valence-electron chi connectivity index (χ2n) is 5.48. The molecule has 3 amide bonds. The van der Waals surface area contributed by atoms with E-state index >= 15 is 0 Å². The van der Waals surface area contributed by atoms with E-state index in [1.54, 1.807) is 36.5 Å². The number of phenolic OH excluding ortho intramolecular Hbond substituents is 1. The Kier molecular flexibility index (Phi) is 4.99. The lowest BCUT2D eigenvalue weighted by molar-refractivity contribution is -0.119. The topological polar surface area (TPSA) is 108 Å². The maximum Gasteiger partial charge on any atom is 0.286 e. The van der Waals surface area contributed by atoms with E-state index < -0.39 is 5.25 Å². The number of nitrogens with zero attached hydrogens (tertiary/aromatic N) is 1. The zero-order valence-corrected chi connectivity index (χ0v) is 13.9. The van der Waals surface area contributed by atoms with Crippen LogP contribution in [-0.2, 0) is 22.4 Å². The molecule has 1 unspecified atom stereocenters. The highest BCUT2D eigenvalue weighted by atomic mass is 32.2. The maximum atomic E-state index is 12.1. The minimum Gasteiger partial charge on any atom is -0.506 e. The summed E-state index contributed by atoms with van der Waals surface area (Å²) in [4.78, 5) is 39.1. The Hall–Kier alpha value is -2.87. The molecule has 8 heteroatoms. The minimum absolute atomic E-state index is 0.0716. The number of pyridine rings is 1. The summed E-state index contributed by atoms with van der Waals surface area (Å²) >= 11 is 0.937. The summed E-state index contributed by atoms with van der Waals surface area (Å²) in [7, 11) is 0. The van der Waals surface area contributed by atoms with E-state index in [1.807, 2.05) is 0 Å². The lowest BCUT2D eigenvalue weighted by Crippen LogP contribution is -2.25. The zero-order valence-electron chi connectivity index (χ0n) is 13.1. The molecule has 1 saturated heterocycles. The molecule has 3 rings (SSSR count). The number of nitrogens with one attached hydrogen (secondary N) is 2. The molecular weight excluding hydrogens is 342 g/mol. The van der Waals surface area contributed by atoms with Crippen LogP contribution < -0.4 is 10.6 Å². The number of imide groups is 1. The molecule has 2 aromatic rings. The van der Waals surface area contributed by atoms with Gasteiger partial charge in [0.05, 0.1) is 17.4 Å². The quantitative estimate of drug-likeness (QED) is 0.705. The number of anilines is 1. The fourth-order valence-electron chi connectivity index (χ4n) is 2.41.